The van der Waals surface area contributed by atoms with Crippen molar-refractivity contribution in [3.05, 3.63) is 30.1 Å². The summed E-state index contributed by atoms with van der Waals surface area (Å²) in [6.07, 6.45) is 9.44. The molecule has 1 aromatic rings. The van der Waals surface area contributed by atoms with Crippen LogP contribution < -0.4 is 5.32 Å². The fraction of sp³-hybridized carbons (Fsp3) is 0.667. The van der Waals surface area contributed by atoms with E-state index in [1.807, 2.05) is 23.1 Å². The Balaban J connectivity index is 1.50. The van der Waals surface area contributed by atoms with Gasteiger partial charge in [0.05, 0.1) is 18.0 Å². The number of hydrogen-bond acceptors (Lipinski definition) is 3. The van der Waals surface area contributed by atoms with E-state index in [2.05, 4.69) is 17.2 Å². The number of rotatable bonds is 4. The Labute approximate surface area is 155 Å². The molecule has 2 aliphatic carbocycles. The second-order valence-electron chi connectivity index (χ2n) is 8.41. The minimum atomic E-state index is -0.213. The molecular weight excluding hydrogens is 326 g/mol. The average molecular weight is 355 g/mol. The summed E-state index contributed by atoms with van der Waals surface area (Å²) in [6, 6.07) is 5.84. The number of carbonyl (C=O) groups excluding carboxylic acids is 2. The van der Waals surface area contributed by atoms with Gasteiger partial charge in [0, 0.05) is 24.4 Å². The van der Waals surface area contributed by atoms with Crippen molar-refractivity contribution in [2.45, 2.75) is 69.9 Å². The molecule has 3 aliphatic rings. The van der Waals surface area contributed by atoms with Crippen LogP contribution in [0.1, 0.15) is 57.6 Å². The van der Waals surface area contributed by atoms with E-state index in [4.69, 9.17) is 0 Å². The van der Waals surface area contributed by atoms with Crippen molar-refractivity contribution in [2.24, 2.45) is 11.8 Å². The SMILES string of the molecule is CC1CC1C(=O)NC12CCCCCC1N(C(=O)Cc1ccccn1)CC2. The van der Waals surface area contributed by atoms with Gasteiger partial charge < -0.3 is 10.2 Å². The Morgan fingerprint density at radius 1 is 1.27 bits per heavy atom. The Morgan fingerprint density at radius 3 is 2.85 bits per heavy atom. The molecule has 4 rings (SSSR count). The van der Waals surface area contributed by atoms with E-state index in [9.17, 15) is 9.59 Å². The van der Waals surface area contributed by atoms with Crippen LogP contribution in [0.4, 0.5) is 0 Å². The standard InChI is InChI=1S/C21H29N3O2/c1-15-13-17(15)20(26)23-21-9-5-2-3-8-18(21)24(12-10-21)19(25)14-16-7-4-6-11-22-16/h4,6-7,11,15,17-18H,2-3,5,8-10,12-14H2,1H3,(H,23,26). The Bertz CT molecular complexity index is 677. The van der Waals surface area contributed by atoms with E-state index in [1.165, 1.54) is 6.42 Å². The fourth-order valence-corrected chi connectivity index (χ4v) is 4.91. The van der Waals surface area contributed by atoms with Crippen LogP contribution in [0.2, 0.25) is 0 Å². The molecule has 0 bridgehead atoms. The van der Waals surface area contributed by atoms with E-state index in [0.717, 1.165) is 50.8 Å². The highest BCUT2D eigenvalue weighted by Crippen LogP contribution is 2.42. The third-order valence-electron chi connectivity index (χ3n) is 6.61. The van der Waals surface area contributed by atoms with Crippen LogP contribution in [0.15, 0.2) is 24.4 Å². The Hall–Kier alpha value is -1.91. The van der Waals surface area contributed by atoms with Crippen molar-refractivity contribution in [3.63, 3.8) is 0 Å². The van der Waals surface area contributed by atoms with Crippen molar-refractivity contribution in [1.29, 1.82) is 0 Å². The number of carbonyl (C=O) groups is 2. The molecule has 2 saturated carbocycles. The van der Waals surface area contributed by atoms with Gasteiger partial charge in [0.1, 0.15) is 0 Å². The molecule has 2 heterocycles. The lowest BCUT2D eigenvalue weighted by molar-refractivity contribution is -0.133. The average Bonchev–Trinajstić information content (AvgIpc) is 3.32. The molecule has 5 heteroatoms. The molecule has 2 amide bonds. The number of amides is 2. The Kier molecular flexibility index (Phi) is 4.72. The molecule has 0 spiro atoms. The first kappa shape index (κ1) is 17.5. The van der Waals surface area contributed by atoms with Crippen LogP contribution in [0, 0.1) is 11.8 Å². The molecular formula is C21H29N3O2. The predicted octanol–water partition coefficient (Wildman–Crippen LogP) is 2.70. The van der Waals surface area contributed by atoms with Gasteiger partial charge in [0.25, 0.3) is 0 Å². The molecule has 0 aromatic carbocycles. The van der Waals surface area contributed by atoms with Gasteiger partial charge in [-0.1, -0.05) is 32.3 Å². The third kappa shape index (κ3) is 3.36. The smallest absolute Gasteiger partial charge is 0.228 e. The molecule has 4 atom stereocenters. The fourth-order valence-electron chi connectivity index (χ4n) is 4.91. The predicted molar refractivity (Wildman–Crippen MR) is 99.3 cm³/mol. The summed E-state index contributed by atoms with van der Waals surface area (Å²) in [5.74, 6) is 1.06. The third-order valence-corrected chi connectivity index (χ3v) is 6.61. The highest BCUT2D eigenvalue weighted by Gasteiger charge is 2.51. The number of fused-ring (bicyclic) bond motifs is 1. The maximum atomic E-state index is 13.0. The summed E-state index contributed by atoms with van der Waals surface area (Å²) in [4.78, 5) is 32.0. The highest BCUT2D eigenvalue weighted by atomic mass is 16.2. The number of likely N-dealkylation sites (tertiary alicyclic amines) is 1. The van der Waals surface area contributed by atoms with Gasteiger partial charge >= 0.3 is 0 Å². The molecule has 1 N–H and O–H groups in total. The molecule has 5 nitrogen and oxygen atoms in total. The van der Waals surface area contributed by atoms with Crippen LogP contribution in [0.5, 0.6) is 0 Å². The second kappa shape index (κ2) is 7.01. The Morgan fingerprint density at radius 2 is 2.12 bits per heavy atom. The minimum Gasteiger partial charge on any atom is -0.348 e. The van der Waals surface area contributed by atoms with Crippen molar-refractivity contribution in [1.82, 2.24) is 15.2 Å². The number of pyridine rings is 1. The molecule has 140 valence electrons. The zero-order valence-corrected chi connectivity index (χ0v) is 15.6. The van der Waals surface area contributed by atoms with Crippen molar-refractivity contribution < 1.29 is 9.59 Å². The molecule has 26 heavy (non-hydrogen) atoms. The van der Waals surface area contributed by atoms with Gasteiger partial charge in [-0.05, 0) is 43.7 Å². The number of nitrogens with zero attached hydrogens (tertiary/aromatic N) is 2. The summed E-state index contributed by atoms with van der Waals surface area (Å²) < 4.78 is 0. The molecule has 1 saturated heterocycles. The van der Waals surface area contributed by atoms with E-state index >= 15 is 0 Å². The van der Waals surface area contributed by atoms with Crippen LogP contribution in [-0.4, -0.2) is 39.8 Å². The van der Waals surface area contributed by atoms with Crippen molar-refractivity contribution >= 4 is 11.8 Å². The van der Waals surface area contributed by atoms with Crippen LogP contribution in [0.25, 0.3) is 0 Å². The van der Waals surface area contributed by atoms with Gasteiger partial charge in [-0.3, -0.25) is 14.6 Å². The lowest BCUT2D eigenvalue weighted by Gasteiger charge is -2.38. The largest absolute Gasteiger partial charge is 0.348 e. The van der Waals surface area contributed by atoms with Gasteiger partial charge in [-0.15, -0.1) is 0 Å². The van der Waals surface area contributed by atoms with Crippen LogP contribution >= 0.6 is 0 Å². The maximum Gasteiger partial charge on any atom is 0.228 e. The van der Waals surface area contributed by atoms with E-state index in [0.29, 0.717) is 12.3 Å². The monoisotopic (exact) mass is 355 g/mol. The lowest BCUT2D eigenvalue weighted by Crippen LogP contribution is -2.57. The normalized spacial score (nSPS) is 33.3. The summed E-state index contributed by atoms with van der Waals surface area (Å²) >= 11 is 0. The minimum absolute atomic E-state index is 0.138. The van der Waals surface area contributed by atoms with Gasteiger partial charge in [0.2, 0.25) is 11.8 Å². The van der Waals surface area contributed by atoms with Gasteiger partial charge in [0.15, 0.2) is 0 Å². The quantitative estimate of drug-likeness (QED) is 0.903. The van der Waals surface area contributed by atoms with Crippen molar-refractivity contribution in [3.8, 4) is 0 Å². The van der Waals surface area contributed by atoms with Gasteiger partial charge in [-0.2, -0.15) is 0 Å². The first-order valence-corrected chi connectivity index (χ1v) is 10.1. The highest BCUT2D eigenvalue weighted by molar-refractivity contribution is 5.83. The maximum absolute atomic E-state index is 13.0. The van der Waals surface area contributed by atoms with E-state index < -0.39 is 0 Å². The first-order chi connectivity index (χ1) is 12.6. The zero-order valence-electron chi connectivity index (χ0n) is 15.6. The number of aromatic nitrogens is 1. The van der Waals surface area contributed by atoms with Crippen molar-refractivity contribution in [2.75, 3.05) is 6.54 Å². The summed E-state index contributed by atoms with van der Waals surface area (Å²) in [5.41, 5.74) is 0.606. The zero-order chi connectivity index (χ0) is 18.1. The number of hydrogen-bond donors (Lipinski definition) is 1. The topological polar surface area (TPSA) is 62.3 Å². The molecule has 1 aliphatic heterocycles. The van der Waals surface area contributed by atoms with Crippen LogP contribution in [0.3, 0.4) is 0 Å². The first-order valence-electron chi connectivity index (χ1n) is 10.1. The molecule has 4 unspecified atom stereocenters. The summed E-state index contributed by atoms with van der Waals surface area (Å²) in [5, 5.41) is 3.43. The van der Waals surface area contributed by atoms with E-state index in [-0.39, 0.29) is 29.3 Å². The van der Waals surface area contributed by atoms with Gasteiger partial charge in [-0.25, -0.2) is 0 Å². The molecule has 0 radical (unpaired) electrons. The lowest BCUT2D eigenvalue weighted by atomic mass is 9.85. The number of nitrogens with one attached hydrogen (secondary N) is 1. The molecule has 1 aromatic heterocycles. The van der Waals surface area contributed by atoms with Crippen LogP contribution in [-0.2, 0) is 16.0 Å². The second-order valence-corrected chi connectivity index (χ2v) is 8.41. The molecule has 3 fully saturated rings. The summed E-state index contributed by atoms with van der Waals surface area (Å²) in [6.45, 7) is 2.89. The van der Waals surface area contributed by atoms with E-state index in [1.54, 1.807) is 6.20 Å². The summed E-state index contributed by atoms with van der Waals surface area (Å²) in [7, 11) is 0.